The molecule has 0 spiro atoms. The van der Waals surface area contributed by atoms with Gasteiger partial charge < -0.3 is 15.6 Å². The number of carbonyl (C=O) groups is 1. The smallest absolute Gasteiger partial charge is 0.244 e. The predicted molar refractivity (Wildman–Crippen MR) is 72.9 cm³/mol. The lowest BCUT2D eigenvalue weighted by atomic mass is 10.3. The van der Waals surface area contributed by atoms with E-state index in [2.05, 4.69) is 26.2 Å². The van der Waals surface area contributed by atoms with Gasteiger partial charge in [-0.2, -0.15) is 0 Å². The monoisotopic (exact) mass is 308 g/mol. The van der Waals surface area contributed by atoms with Crippen molar-refractivity contribution in [2.75, 3.05) is 5.32 Å². The zero-order valence-corrected chi connectivity index (χ0v) is 11.2. The van der Waals surface area contributed by atoms with Crippen molar-refractivity contribution in [3.63, 3.8) is 0 Å². The van der Waals surface area contributed by atoms with E-state index in [0.717, 1.165) is 10.2 Å². The van der Waals surface area contributed by atoms with Gasteiger partial charge in [-0.3, -0.25) is 4.79 Å². The van der Waals surface area contributed by atoms with Crippen LogP contribution in [0.4, 0.5) is 5.69 Å². The molecular weight excluding hydrogens is 296 g/mol. The van der Waals surface area contributed by atoms with Gasteiger partial charge in [0.2, 0.25) is 5.91 Å². The van der Waals surface area contributed by atoms with Crippen molar-refractivity contribution in [1.82, 2.24) is 9.55 Å². The number of halogens is 1. The average molecular weight is 309 g/mol. The minimum atomic E-state index is -0.116. The van der Waals surface area contributed by atoms with Gasteiger partial charge in [0, 0.05) is 16.9 Å². The summed E-state index contributed by atoms with van der Waals surface area (Å²) in [5.41, 5.74) is 6.27. The average Bonchev–Trinajstić information content (AvgIpc) is 2.79. The number of hydrogen-bond acceptors (Lipinski definition) is 3. The zero-order chi connectivity index (χ0) is 13.0. The third kappa shape index (κ3) is 2.96. The Morgan fingerprint density at radius 1 is 1.44 bits per heavy atom. The second kappa shape index (κ2) is 5.79. The molecule has 0 radical (unpaired) electrons. The van der Waals surface area contributed by atoms with Crippen LogP contribution in [0.25, 0.3) is 0 Å². The quantitative estimate of drug-likeness (QED) is 0.903. The first kappa shape index (κ1) is 12.8. The molecule has 0 unspecified atom stereocenters. The van der Waals surface area contributed by atoms with Crippen molar-refractivity contribution in [3.05, 3.63) is 47.0 Å². The summed E-state index contributed by atoms with van der Waals surface area (Å²) in [5.74, 6) is 0.576. The highest BCUT2D eigenvalue weighted by atomic mass is 79.9. The van der Waals surface area contributed by atoms with Gasteiger partial charge in [-0.1, -0.05) is 12.1 Å². The summed E-state index contributed by atoms with van der Waals surface area (Å²) < 4.78 is 2.58. The van der Waals surface area contributed by atoms with Crippen molar-refractivity contribution >= 4 is 27.5 Å². The molecule has 1 heterocycles. The number of hydrogen-bond donors (Lipinski definition) is 2. The van der Waals surface area contributed by atoms with Crippen molar-refractivity contribution in [2.24, 2.45) is 5.73 Å². The van der Waals surface area contributed by atoms with Gasteiger partial charge in [-0.15, -0.1) is 0 Å². The standard InChI is InChI=1S/C12H13BrN4O/c13-9-3-1-2-4-10(9)16-12(18)8-17-6-5-15-11(17)7-14/h1-6H,7-8,14H2,(H,16,18). The maximum atomic E-state index is 11.9. The summed E-state index contributed by atoms with van der Waals surface area (Å²) in [6.45, 7) is 0.517. The van der Waals surface area contributed by atoms with Gasteiger partial charge in [0.25, 0.3) is 0 Å². The molecule has 0 fully saturated rings. The van der Waals surface area contributed by atoms with Gasteiger partial charge in [0.1, 0.15) is 12.4 Å². The number of amides is 1. The molecule has 0 aliphatic heterocycles. The molecule has 0 saturated carbocycles. The molecule has 5 nitrogen and oxygen atoms in total. The molecule has 6 heteroatoms. The number of aromatic nitrogens is 2. The lowest BCUT2D eigenvalue weighted by molar-refractivity contribution is -0.116. The molecule has 2 rings (SSSR count). The van der Waals surface area contributed by atoms with E-state index in [4.69, 9.17) is 5.73 Å². The SMILES string of the molecule is NCc1nccn1CC(=O)Nc1ccccc1Br. The largest absolute Gasteiger partial charge is 0.324 e. The van der Waals surface area contributed by atoms with Crippen LogP contribution in [0.15, 0.2) is 41.1 Å². The Morgan fingerprint density at radius 2 is 2.22 bits per heavy atom. The molecule has 0 aliphatic carbocycles. The molecule has 3 N–H and O–H groups in total. The highest BCUT2D eigenvalue weighted by molar-refractivity contribution is 9.10. The van der Waals surface area contributed by atoms with Crippen LogP contribution in [-0.2, 0) is 17.9 Å². The van der Waals surface area contributed by atoms with Gasteiger partial charge in [0.15, 0.2) is 0 Å². The van der Waals surface area contributed by atoms with Crippen molar-refractivity contribution in [1.29, 1.82) is 0 Å². The maximum Gasteiger partial charge on any atom is 0.244 e. The molecule has 2 aromatic rings. The topological polar surface area (TPSA) is 72.9 Å². The molecular formula is C12H13BrN4O. The summed E-state index contributed by atoms with van der Waals surface area (Å²) in [6.07, 6.45) is 3.37. The maximum absolute atomic E-state index is 11.9. The van der Waals surface area contributed by atoms with Crippen LogP contribution in [0.5, 0.6) is 0 Å². The minimum Gasteiger partial charge on any atom is -0.324 e. The summed E-state index contributed by atoms with van der Waals surface area (Å²) >= 11 is 3.38. The first-order valence-electron chi connectivity index (χ1n) is 5.45. The highest BCUT2D eigenvalue weighted by Gasteiger charge is 2.08. The number of benzene rings is 1. The van der Waals surface area contributed by atoms with Crippen LogP contribution in [0.3, 0.4) is 0 Å². The normalized spacial score (nSPS) is 10.3. The number of rotatable bonds is 4. The van der Waals surface area contributed by atoms with Gasteiger partial charge in [-0.05, 0) is 28.1 Å². The number of nitrogens with two attached hydrogens (primary N) is 1. The Hall–Kier alpha value is -1.66. The van der Waals surface area contributed by atoms with E-state index in [9.17, 15) is 4.79 Å². The molecule has 94 valence electrons. The molecule has 0 bridgehead atoms. The third-order valence-electron chi connectivity index (χ3n) is 2.45. The van der Waals surface area contributed by atoms with Crippen molar-refractivity contribution in [3.8, 4) is 0 Å². The number of anilines is 1. The first-order chi connectivity index (χ1) is 8.70. The summed E-state index contributed by atoms with van der Waals surface area (Å²) in [6, 6.07) is 7.46. The number of nitrogens with one attached hydrogen (secondary N) is 1. The van der Waals surface area contributed by atoms with E-state index in [0.29, 0.717) is 12.4 Å². The van der Waals surface area contributed by atoms with E-state index in [1.165, 1.54) is 0 Å². The molecule has 0 atom stereocenters. The van der Waals surface area contributed by atoms with Crippen LogP contribution in [0, 0.1) is 0 Å². The number of para-hydroxylation sites is 1. The number of imidazole rings is 1. The van der Waals surface area contributed by atoms with E-state index in [1.807, 2.05) is 24.3 Å². The fraction of sp³-hybridized carbons (Fsp3) is 0.167. The van der Waals surface area contributed by atoms with Crippen LogP contribution >= 0.6 is 15.9 Å². The van der Waals surface area contributed by atoms with Crippen molar-refractivity contribution < 1.29 is 4.79 Å². The predicted octanol–water partition coefficient (Wildman–Crippen LogP) is 1.74. The summed E-state index contributed by atoms with van der Waals surface area (Å²) in [7, 11) is 0. The number of carbonyl (C=O) groups excluding carboxylic acids is 1. The Kier molecular flexibility index (Phi) is 4.11. The minimum absolute atomic E-state index is 0.116. The van der Waals surface area contributed by atoms with E-state index < -0.39 is 0 Å². The Bertz CT molecular complexity index is 553. The van der Waals surface area contributed by atoms with E-state index >= 15 is 0 Å². The molecule has 18 heavy (non-hydrogen) atoms. The highest BCUT2D eigenvalue weighted by Crippen LogP contribution is 2.21. The molecule has 1 amide bonds. The van der Waals surface area contributed by atoms with Gasteiger partial charge in [-0.25, -0.2) is 4.98 Å². The van der Waals surface area contributed by atoms with Gasteiger partial charge >= 0.3 is 0 Å². The molecule has 0 saturated heterocycles. The van der Waals surface area contributed by atoms with Crippen LogP contribution in [0.2, 0.25) is 0 Å². The van der Waals surface area contributed by atoms with E-state index in [1.54, 1.807) is 17.0 Å². The lowest BCUT2D eigenvalue weighted by Crippen LogP contribution is -2.20. The molecule has 0 aliphatic rings. The summed E-state index contributed by atoms with van der Waals surface area (Å²) in [5, 5.41) is 2.82. The van der Waals surface area contributed by atoms with Crippen LogP contribution in [0.1, 0.15) is 5.82 Å². The second-order valence-corrected chi connectivity index (χ2v) is 4.56. The molecule has 1 aromatic heterocycles. The summed E-state index contributed by atoms with van der Waals surface area (Å²) in [4.78, 5) is 15.9. The zero-order valence-electron chi connectivity index (χ0n) is 9.64. The Balaban J connectivity index is 2.04. The molecule has 1 aromatic carbocycles. The third-order valence-corrected chi connectivity index (χ3v) is 3.14. The first-order valence-corrected chi connectivity index (χ1v) is 6.24. The van der Waals surface area contributed by atoms with Gasteiger partial charge in [0.05, 0.1) is 12.2 Å². The second-order valence-electron chi connectivity index (χ2n) is 3.70. The number of nitrogens with zero attached hydrogens (tertiary/aromatic N) is 2. The van der Waals surface area contributed by atoms with Crippen LogP contribution in [-0.4, -0.2) is 15.5 Å². The lowest BCUT2D eigenvalue weighted by Gasteiger charge is -2.09. The Labute approximate surface area is 113 Å². The Morgan fingerprint density at radius 3 is 2.94 bits per heavy atom. The fourth-order valence-electron chi connectivity index (χ4n) is 1.58. The van der Waals surface area contributed by atoms with Crippen LogP contribution < -0.4 is 11.1 Å². The van der Waals surface area contributed by atoms with Crippen molar-refractivity contribution in [2.45, 2.75) is 13.1 Å². The van der Waals surface area contributed by atoms with E-state index in [-0.39, 0.29) is 12.5 Å². The fourth-order valence-corrected chi connectivity index (χ4v) is 1.96.